The molecule has 1 rings (SSSR count). The lowest BCUT2D eigenvalue weighted by atomic mass is 10.1. The van der Waals surface area contributed by atoms with Gasteiger partial charge in [-0.05, 0) is 20.8 Å². The topological polar surface area (TPSA) is 72.9 Å². The Hall–Kier alpha value is -1.07. The van der Waals surface area contributed by atoms with Crippen LogP contribution in [0.3, 0.4) is 0 Å². The Morgan fingerprint density at radius 2 is 2.19 bits per heavy atom. The molecule has 0 aliphatic rings. The normalized spacial score (nSPS) is 10.8. The minimum Gasteiger partial charge on any atom is -0.330 e. The predicted molar refractivity (Wildman–Crippen MR) is 66.8 cm³/mol. The van der Waals surface area contributed by atoms with Crippen molar-refractivity contribution in [3.8, 4) is 0 Å². The fourth-order valence-electron chi connectivity index (χ4n) is 1.11. The van der Waals surface area contributed by atoms with Crippen LogP contribution in [-0.2, 0) is 10.3 Å². The van der Waals surface area contributed by atoms with Gasteiger partial charge in [-0.15, -0.1) is 12.4 Å². The summed E-state index contributed by atoms with van der Waals surface area (Å²) in [4.78, 5) is 11.2. The molecule has 0 bridgehead atoms. The summed E-state index contributed by atoms with van der Waals surface area (Å²) in [6, 6.07) is 0. The van der Waals surface area contributed by atoms with Crippen molar-refractivity contribution in [1.29, 1.82) is 0 Å². The van der Waals surface area contributed by atoms with Gasteiger partial charge < -0.3 is 11.1 Å². The fraction of sp³-hybridized carbons (Fsp3) is 0.600. The molecule has 0 spiro atoms. The lowest BCUT2D eigenvalue weighted by molar-refractivity contribution is -0.116. The Balaban J connectivity index is 0.00000225. The van der Waals surface area contributed by atoms with Crippen LogP contribution in [0.1, 0.15) is 27.2 Å². The third-order valence-electron chi connectivity index (χ3n) is 1.93. The van der Waals surface area contributed by atoms with Crippen LogP contribution in [0.2, 0.25) is 0 Å². The lowest BCUT2D eigenvalue weighted by Gasteiger charge is -2.18. The lowest BCUT2D eigenvalue weighted by Crippen LogP contribution is -2.22. The molecule has 1 aromatic rings. The van der Waals surface area contributed by atoms with Crippen LogP contribution >= 0.6 is 12.4 Å². The first kappa shape index (κ1) is 14.9. The average molecular weight is 247 g/mol. The second-order valence-electron chi connectivity index (χ2n) is 4.43. The van der Waals surface area contributed by atoms with Crippen LogP contribution in [0.4, 0.5) is 5.69 Å². The largest absolute Gasteiger partial charge is 0.330 e. The molecule has 0 aliphatic carbocycles. The van der Waals surface area contributed by atoms with Gasteiger partial charge in [0.25, 0.3) is 0 Å². The summed E-state index contributed by atoms with van der Waals surface area (Å²) in [5, 5.41) is 6.90. The highest BCUT2D eigenvalue weighted by Crippen LogP contribution is 2.15. The van der Waals surface area contributed by atoms with Crippen molar-refractivity contribution in [1.82, 2.24) is 9.78 Å². The van der Waals surface area contributed by atoms with Gasteiger partial charge in [-0.1, -0.05) is 0 Å². The number of anilines is 1. The summed E-state index contributed by atoms with van der Waals surface area (Å²) >= 11 is 0. The number of nitrogens with two attached hydrogens (primary N) is 1. The zero-order valence-corrected chi connectivity index (χ0v) is 10.7. The first-order chi connectivity index (χ1) is 6.93. The molecule has 92 valence electrons. The predicted octanol–water partition coefficient (Wildman–Crippen LogP) is 1.35. The molecule has 1 aromatic heterocycles. The van der Waals surface area contributed by atoms with Gasteiger partial charge >= 0.3 is 0 Å². The van der Waals surface area contributed by atoms with Crippen LogP contribution in [0, 0.1) is 0 Å². The number of amides is 1. The molecule has 16 heavy (non-hydrogen) atoms. The van der Waals surface area contributed by atoms with Crippen molar-refractivity contribution in [3.63, 3.8) is 0 Å². The minimum atomic E-state index is -0.0778. The van der Waals surface area contributed by atoms with Crippen molar-refractivity contribution in [2.45, 2.75) is 32.7 Å². The Bertz CT molecular complexity index is 343. The van der Waals surface area contributed by atoms with Crippen LogP contribution in [-0.4, -0.2) is 22.2 Å². The Morgan fingerprint density at radius 1 is 1.56 bits per heavy atom. The smallest absolute Gasteiger partial charge is 0.225 e. The summed E-state index contributed by atoms with van der Waals surface area (Å²) in [7, 11) is 0. The van der Waals surface area contributed by atoms with Crippen molar-refractivity contribution in [3.05, 3.63) is 12.4 Å². The maximum Gasteiger partial charge on any atom is 0.225 e. The maximum absolute atomic E-state index is 11.2. The molecule has 1 amide bonds. The number of nitrogens with zero attached hydrogens (tertiary/aromatic N) is 2. The molecular formula is C10H19ClN4O. The molecule has 0 fully saturated rings. The van der Waals surface area contributed by atoms with Gasteiger partial charge in [0.05, 0.1) is 17.4 Å². The standard InChI is InChI=1S/C10H18N4O.ClH/c1-10(2,3)14-7-8(6-12-14)13-9(15)4-5-11;/h6-7H,4-5,11H2,1-3H3,(H,13,15);1H. The van der Waals surface area contributed by atoms with E-state index in [0.29, 0.717) is 18.7 Å². The van der Waals surface area contributed by atoms with Gasteiger partial charge in [0, 0.05) is 19.2 Å². The Kier molecular flexibility index (Phi) is 5.47. The van der Waals surface area contributed by atoms with E-state index in [0.717, 1.165) is 0 Å². The Labute approximate surface area is 102 Å². The highest BCUT2D eigenvalue weighted by molar-refractivity contribution is 5.90. The minimum absolute atomic E-state index is 0. The molecule has 0 atom stereocenters. The van der Waals surface area contributed by atoms with E-state index in [1.807, 2.05) is 31.6 Å². The highest BCUT2D eigenvalue weighted by Gasteiger charge is 2.14. The van der Waals surface area contributed by atoms with E-state index in [-0.39, 0.29) is 23.9 Å². The maximum atomic E-state index is 11.2. The molecule has 0 aliphatic heterocycles. The average Bonchev–Trinajstić information content (AvgIpc) is 2.52. The molecule has 0 saturated carbocycles. The summed E-state index contributed by atoms with van der Waals surface area (Å²) in [6.45, 7) is 6.50. The first-order valence-corrected chi connectivity index (χ1v) is 4.98. The van der Waals surface area contributed by atoms with Gasteiger partial charge in [-0.2, -0.15) is 5.10 Å². The number of aromatic nitrogens is 2. The number of carbonyl (C=O) groups is 1. The summed E-state index contributed by atoms with van der Waals surface area (Å²) in [5.74, 6) is -0.0778. The number of hydrogen-bond donors (Lipinski definition) is 2. The van der Waals surface area contributed by atoms with E-state index in [2.05, 4.69) is 10.4 Å². The molecule has 3 N–H and O–H groups in total. The van der Waals surface area contributed by atoms with E-state index in [4.69, 9.17) is 5.73 Å². The quantitative estimate of drug-likeness (QED) is 0.846. The number of nitrogens with one attached hydrogen (secondary N) is 1. The molecule has 5 nitrogen and oxygen atoms in total. The van der Waals surface area contributed by atoms with Gasteiger partial charge in [-0.3, -0.25) is 9.48 Å². The molecule has 0 unspecified atom stereocenters. The first-order valence-electron chi connectivity index (χ1n) is 4.98. The third kappa shape index (κ3) is 4.20. The molecule has 0 saturated heterocycles. The SMILES string of the molecule is CC(C)(C)n1cc(NC(=O)CCN)cn1.Cl. The molecule has 6 heteroatoms. The van der Waals surface area contributed by atoms with Crippen LogP contribution in [0.25, 0.3) is 0 Å². The van der Waals surface area contributed by atoms with E-state index >= 15 is 0 Å². The van der Waals surface area contributed by atoms with Crippen molar-refractivity contribution in [2.24, 2.45) is 5.73 Å². The van der Waals surface area contributed by atoms with Gasteiger partial charge in [0.2, 0.25) is 5.91 Å². The van der Waals surface area contributed by atoms with Gasteiger partial charge in [0.15, 0.2) is 0 Å². The number of carbonyl (C=O) groups excluding carboxylic acids is 1. The zero-order chi connectivity index (χ0) is 11.5. The fourth-order valence-corrected chi connectivity index (χ4v) is 1.11. The van der Waals surface area contributed by atoms with E-state index in [1.54, 1.807) is 6.20 Å². The van der Waals surface area contributed by atoms with Crippen LogP contribution < -0.4 is 11.1 Å². The molecule has 0 aromatic carbocycles. The van der Waals surface area contributed by atoms with E-state index in [1.165, 1.54) is 0 Å². The van der Waals surface area contributed by atoms with Crippen molar-refractivity contribution >= 4 is 24.0 Å². The summed E-state index contributed by atoms with van der Waals surface area (Å²) in [5.41, 5.74) is 5.91. The summed E-state index contributed by atoms with van der Waals surface area (Å²) < 4.78 is 1.81. The third-order valence-corrected chi connectivity index (χ3v) is 1.93. The molecule has 1 heterocycles. The van der Waals surface area contributed by atoms with E-state index < -0.39 is 0 Å². The number of halogens is 1. The Morgan fingerprint density at radius 3 is 2.62 bits per heavy atom. The van der Waals surface area contributed by atoms with Crippen LogP contribution in [0.5, 0.6) is 0 Å². The van der Waals surface area contributed by atoms with Crippen molar-refractivity contribution in [2.75, 3.05) is 11.9 Å². The monoisotopic (exact) mass is 246 g/mol. The van der Waals surface area contributed by atoms with Crippen LogP contribution in [0.15, 0.2) is 12.4 Å². The second-order valence-corrected chi connectivity index (χ2v) is 4.43. The number of rotatable bonds is 3. The second kappa shape index (κ2) is 5.86. The van der Waals surface area contributed by atoms with Crippen molar-refractivity contribution < 1.29 is 4.79 Å². The summed E-state index contributed by atoms with van der Waals surface area (Å²) in [6.07, 6.45) is 3.79. The molecular weight excluding hydrogens is 228 g/mol. The molecule has 0 radical (unpaired) electrons. The zero-order valence-electron chi connectivity index (χ0n) is 9.86. The highest BCUT2D eigenvalue weighted by atomic mass is 35.5. The van der Waals surface area contributed by atoms with Gasteiger partial charge in [0.1, 0.15) is 0 Å². The number of hydrogen-bond acceptors (Lipinski definition) is 3. The van der Waals surface area contributed by atoms with Gasteiger partial charge in [-0.25, -0.2) is 0 Å². The van der Waals surface area contributed by atoms with E-state index in [9.17, 15) is 4.79 Å².